The van der Waals surface area contributed by atoms with Gasteiger partial charge < -0.3 is 4.90 Å². The smallest absolute Gasteiger partial charge is 0.222 e. The summed E-state index contributed by atoms with van der Waals surface area (Å²) in [6, 6.07) is 8.61. The van der Waals surface area contributed by atoms with Crippen LogP contribution in [0.5, 0.6) is 0 Å². The van der Waals surface area contributed by atoms with E-state index in [4.69, 9.17) is 0 Å². The van der Waals surface area contributed by atoms with Crippen molar-refractivity contribution < 1.29 is 4.79 Å². The van der Waals surface area contributed by atoms with Crippen molar-refractivity contribution in [3.05, 3.63) is 29.3 Å². The molecule has 1 heterocycles. The summed E-state index contributed by atoms with van der Waals surface area (Å²) in [5.74, 6) is 1.08. The summed E-state index contributed by atoms with van der Waals surface area (Å²) in [5.41, 5.74) is 1.05. The first kappa shape index (κ1) is 15.5. The number of aromatic nitrogens is 1. The molecule has 0 bridgehead atoms. The van der Waals surface area contributed by atoms with Crippen molar-refractivity contribution in [2.75, 3.05) is 7.05 Å². The molecule has 22 heavy (non-hydrogen) atoms. The summed E-state index contributed by atoms with van der Waals surface area (Å²) >= 11 is 1.70. The van der Waals surface area contributed by atoms with Gasteiger partial charge in [-0.2, -0.15) is 0 Å². The van der Waals surface area contributed by atoms with Crippen LogP contribution in [0.4, 0.5) is 0 Å². The lowest BCUT2D eigenvalue weighted by molar-refractivity contribution is -0.132. The lowest BCUT2D eigenvalue weighted by Crippen LogP contribution is -2.39. The van der Waals surface area contributed by atoms with Gasteiger partial charge in [0, 0.05) is 25.9 Å². The van der Waals surface area contributed by atoms with E-state index in [-0.39, 0.29) is 5.91 Å². The van der Waals surface area contributed by atoms with Crippen molar-refractivity contribution in [3.63, 3.8) is 0 Å². The third kappa shape index (κ3) is 3.49. The van der Waals surface area contributed by atoms with Gasteiger partial charge in [0.05, 0.1) is 15.2 Å². The van der Waals surface area contributed by atoms with Gasteiger partial charge in [-0.3, -0.25) is 4.79 Å². The summed E-state index contributed by atoms with van der Waals surface area (Å²) in [4.78, 5) is 19.0. The average Bonchev–Trinajstić information content (AvgIpc) is 2.95. The largest absolute Gasteiger partial charge is 0.343 e. The van der Waals surface area contributed by atoms with E-state index in [0.29, 0.717) is 12.5 Å². The highest BCUT2D eigenvalue weighted by molar-refractivity contribution is 7.18. The van der Waals surface area contributed by atoms with E-state index >= 15 is 0 Å². The molecule has 1 aromatic carbocycles. The van der Waals surface area contributed by atoms with E-state index < -0.39 is 0 Å². The number of hydrogen-bond donors (Lipinski definition) is 0. The molecule has 0 atom stereocenters. The highest BCUT2D eigenvalue weighted by Crippen LogP contribution is 2.27. The van der Waals surface area contributed by atoms with Gasteiger partial charge in [-0.05, 0) is 43.7 Å². The van der Waals surface area contributed by atoms with Gasteiger partial charge in [0.2, 0.25) is 5.91 Å². The third-order valence-electron chi connectivity index (χ3n) is 4.82. The van der Waals surface area contributed by atoms with Crippen LogP contribution in [0.15, 0.2) is 24.3 Å². The van der Waals surface area contributed by atoms with Crippen molar-refractivity contribution in [3.8, 4) is 0 Å². The molecule has 0 N–H and O–H groups in total. The van der Waals surface area contributed by atoms with Crippen LogP contribution in [0.1, 0.15) is 44.0 Å². The molecule has 1 aliphatic carbocycles. The SMILES string of the molecule is CC1CCC(N(C)C(=O)CCc2nc3ccccc3s2)CC1. The van der Waals surface area contributed by atoms with Crippen molar-refractivity contribution in [1.82, 2.24) is 9.88 Å². The number of carbonyl (C=O) groups is 1. The molecule has 118 valence electrons. The maximum absolute atomic E-state index is 12.4. The predicted molar refractivity (Wildman–Crippen MR) is 92.1 cm³/mol. The van der Waals surface area contributed by atoms with Gasteiger partial charge in [0.1, 0.15) is 0 Å². The normalized spacial score (nSPS) is 21.9. The molecule has 1 fully saturated rings. The first-order valence-electron chi connectivity index (χ1n) is 8.23. The Labute approximate surface area is 136 Å². The summed E-state index contributed by atoms with van der Waals surface area (Å²) in [6.07, 6.45) is 6.14. The average molecular weight is 316 g/mol. The van der Waals surface area contributed by atoms with Crippen LogP contribution in [0, 0.1) is 5.92 Å². The number of hydrogen-bond acceptors (Lipinski definition) is 3. The fourth-order valence-corrected chi connectivity index (χ4v) is 4.22. The maximum Gasteiger partial charge on any atom is 0.222 e. The number of nitrogens with zero attached hydrogens (tertiary/aromatic N) is 2. The fourth-order valence-electron chi connectivity index (χ4n) is 3.25. The van der Waals surface area contributed by atoms with Crippen molar-refractivity contribution >= 4 is 27.5 Å². The monoisotopic (exact) mass is 316 g/mol. The first-order chi connectivity index (χ1) is 10.6. The molecule has 1 aliphatic rings. The molecule has 0 saturated heterocycles. The Morgan fingerprint density at radius 1 is 1.27 bits per heavy atom. The lowest BCUT2D eigenvalue weighted by atomic mass is 9.86. The molecule has 3 rings (SSSR count). The van der Waals surface area contributed by atoms with Crippen LogP contribution < -0.4 is 0 Å². The molecule has 0 radical (unpaired) electrons. The first-order valence-corrected chi connectivity index (χ1v) is 9.05. The standard InChI is InChI=1S/C18H24N2OS/c1-13-7-9-14(10-8-13)20(2)18(21)12-11-17-19-15-5-3-4-6-16(15)22-17/h3-6,13-14H,7-12H2,1-2H3. The van der Waals surface area contributed by atoms with E-state index in [1.165, 1.54) is 17.5 Å². The van der Waals surface area contributed by atoms with Crippen LogP contribution >= 0.6 is 11.3 Å². The Bertz CT molecular complexity index is 610. The minimum atomic E-state index is 0.263. The van der Waals surface area contributed by atoms with Crippen molar-refractivity contribution in [2.24, 2.45) is 5.92 Å². The highest BCUT2D eigenvalue weighted by atomic mass is 32.1. The van der Waals surface area contributed by atoms with Gasteiger partial charge in [0.25, 0.3) is 0 Å². The number of thiazole rings is 1. The second-order valence-electron chi connectivity index (χ2n) is 6.49. The van der Waals surface area contributed by atoms with Crippen LogP contribution in [-0.2, 0) is 11.2 Å². The zero-order valence-corrected chi connectivity index (χ0v) is 14.2. The van der Waals surface area contributed by atoms with Gasteiger partial charge >= 0.3 is 0 Å². The number of carbonyl (C=O) groups excluding carboxylic acids is 1. The van der Waals surface area contributed by atoms with Crippen LogP contribution in [0.2, 0.25) is 0 Å². The molecular formula is C18H24N2OS. The zero-order valence-electron chi connectivity index (χ0n) is 13.4. The van der Waals surface area contributed by atoms with E-state index in [9.17, 15) is 4.79 Å². The number of rotatable bonds is 4. The molecule has 0 spiro atoms. The molecule has 0 aliphatic heterocycles. The molecule has 4 heteroatoms. The minimum absolute atomic E-state index is 0.263. The third-order valence-corrected chi connectivity index (χ3v) is 5.91. The lowest BCUT2D eigenvalue weighted by Gasteiger charge is -2.33. The summed E-state index contributed by atoms with van der Waals surface area (Å²) in [6.45, 7) is 2.31. The Balaban J connectivity index is 1.55. The number of benzene rings is 1. The molecule has 2 aromatic rings. The molecular weight excluding hydrogens is 292 g/mol. The number of amides is 1. The van der Waals surface area contributed by atoms with Gasteiger partial charge in [-0.15, -0.1) is 11.3 Å². The predicted octanol–water partition coefficient (Wildman–Crippen LogP) is 4.27. The van der Waals surface area contributed by atoms with Gasteiger partial charge in [0.15, 0.2) is 0 Å². The Morgan fingerprint density at radius 3 is 2.73 bits per heavy atom. The van der Waals surface area contributed by atoms with E-state index in [2.05, 4.69) is 18.0 Å². The highest BCUT2D eigenvalue weighted by Gasteiger charge is 2.24. The fraction of sp³-hybridized carbons (Fsp3) is 0.556. The van der Waals surface area contributed by atoms with Gasteiger partial charge in [-0.25, -0.2) is 4.98 Å². The van der Waals surface area contributed by atoms with Gasteiger partial charge in [-0.1, -0.05) is 19.1 Å². The molecule has 1 amide bonds. The quantitative estimate of drug-likeness (QED) is 0.844. The topological polar surface area (TPSA) is 33.2 Å². The Morgan fingerprint density at radius 2 is 2.00 bits per heavy atom. The second kappa shape index (κ2) is 6.78. The van der Waals surface area contributed by atoms with Crippen LogP contribution in [0.3, 0.4) is 0 Å². The van der Waals surface area contributed by atoms with Crippen LogP contribution in [0.25, 0.3) is 10.2 Å². The maximum atomic E-state index is 12.4. The zero-order chi connectivity index (χ0) is 15.5. The second-order valence-corrected chi connectivity index (χ2v) is 7.61. The summed E-state index contributed by atoms with van der Waals surface area (Å²) in [7, 11) is 1.97. The molecule has 0 unspecified atom stereocenters. The minimum Gasteiger partial charge on any atom is -0.343 e. The Hall–Kier alpha value is -1.42. The van der Waals surface area contributed by atoms with E-state index in [1.54, 1.807) is 11.3 Å². The number of para-hydroxylation sites is 1. The van der Waals surface area contributed by atoms with Crippen LogP contribution in [-0.4, -0.2) is 28.9 Å². The number of fused-ring (bicyclic) bond motifs is 1. The van der Waals surface area contributed by atoms with Crippen molar-refractivity contribution in [1.29, 1.82) is 0 Å². The molecule has 3 nitrogen and oxygen atoms in total. The van der Waals surface area contributed by atoms with E-state index in [0.717, 1.165) is 35.7 Å². The molecule has 1 saturated carbocycles. The summed E-state index contributed by atoms with van der Waals surface area (Å²) in [5, 5.41) is 1.07. The summed E-state index contributed by atoms with van der Waals surface area (Å²) < 4.78 is 1.21. The van der Waals surface area contributed by atoms with Crippen molar-refractivity contribution in [2.45, 2.75) is 51.5 Å². The molecule has 1 aromatic heterocycles. The number of aryl methyl sites for hydroxylation is 1. The Kier molecular flexibility index (Phi) is 4.77. The van der Waals surface area contributed by atoms with E-state index in [1.807, 2.05) is 30.1 Å².